The molecule has 0 saturated carbocycles. The molecule has 1 aliphatic rings. The van der Waals surface area contributed by atoms with Crippen molar-refractivity contribution in [2.75, 3.05) is 13.3 Å². The third-order valence-electron chi connectivity index (χ3n) is 5.83. The van der Waals surface area contributed by atoms with Crippen molar-refractivity contribution in [3.05, 3.63) is 47.8 Å². The third-order valence-corrected chi connectivity index (χ3v) is 6.99. The van der Waals surface area contributed by atoms with E-state index >= 15 is 0 Å². The zero-order valence-corrected chi connectivity index (χ0v) is 21.4. The van der Waals surface area contributed by atoms with Crippen molar-refractivity contribution < 1.29 is 17.6 Å². The van der Waals surface area contributed by atoms with Gasteiger partial charge in [-0.25, -0.2) is 27.1 Å². The minimum atomic E-state index is -3.54. The maximum Gasteiger partial charge on any atom is 0.234 e. The van der Waals surface area contributed by atoms with E-state index in [1.54, 1.807) is 19.1 Å². The van der Waals surface area contributed by atoms with Crippen LogP contribution in [0.25, 0.3) is 0 Å². The zero-order valence-electron chi connectivity index (χ0n) is 20.6. The predicted molar refractivity (Wildman–Crippen MR) is 132 cm³/mol. The molecule has 0 spiro atoms. The van der Waals surface area contributed by atoms with Gasteiger partial charge in [0.2, 0.25) is 16.0 Å². The second-order valence-electron chi connectivity index (χ2n) is 9.53. The van der Waals surface area contributed by atoms with E-state index in [1.165, 1.54) is 19.2 Å². The number of hydrogen-bond donors (Lipinski definition) is 0. The first kappa shape index (κ1) is 26.9. The second-order valence-corrected chi connectivity index (χ2v) is 11.5. The van der Waals surface area contributed by atoms with E-state index in [0.717, 1.165) is 22.5 Å². The van der Waals surface area contributed by atoms with Crippen molar-refractivity contribution in [3.8, 4) is 0 Å². The van der Waals surface area contributed by atoms with Gasteiger partial charge in [0.25, 0.3) is 0 Å². The Bertz CT molecular complexity index is 1030. The van der Waals surface area contributed by atoms with E-state index in [4.69, 9.17) is 4.99 Å². The maximum absolute atomic E-state index is 13.6. The Labute approximate surface area is 197 Å². The first-order chi connectivity index (χ1) is 15.3. The van der Waals surface area contributed by atoms with Gasteiger partial charge in [0.1, 0.15) is 11.6 Å². The number of benzene rings is 1. The smallest absolute Gasteiger partial charge is 0.234 e. The number of rotatable bonds is 9. The lowest BCUT2D eigenvalue weighted by Gasteiger charge is -2.32. The van der Waals surface area contributed by atoms with Crippen LogP contribution in [-0.4, -0.2) is 49.5 Å². The summed E-state index contributed by atoms with van der Waals surface area (Å²) in [6.45, 7) is 9.88. The molecule has 0 N–H and O–H groups in total. The molecule has 4 atom stereocenters. The Morgan fingerprint density at radius 3 is 2.30 bits per heavy atom. The van der Waals surface area contributed by atoms with Crippen LogP contribution < -0.4 is 0 Å². The number of ketones is 1. The molecule has 1 aromatic rings. The minimum Gasteiger partial charge on any atom is -0.300 e. The van der Waals surface area contributed by atoms with Gasteiger partial charge in [-0.15, -0.1) is 0 Å². The Morgan fingerprint density at radius 1 is 1.18 bits per heavy atom. The molecule has 2 unspecified atom stereocenters. The first-order valence-electron chi connectivity index (χ1n) is 11.3. The van der Waals surface area contributed by atoms with E-state index < -0.39 is 10.0 Å². The van der Waals surface area contributed by atoms with Gasteiger partial charge in [0.05, 0.1) is 18.0 Å². The lowest BCUT2D eigenvalue weighted by atomic mass is 9.82. The number of allylic oxidation sites excluding steroid dienone is 1. The van der Waals surface area contributed by atoms with Crippen LogP contribution in [0.1, 0.15) is 53.0 Å². The number of aliphatic imine (C=N–C) groups is 2. The van der Waals surface area contributed by atoms with Crippen LogP contribution in [0.15, 0.2) is 46.4 Å². The Hall–Kier alpha value is -2.35. The fourth-order valence-corrected chi connectivity index (χ4v) is 4.51. The summed E-state index contributed by atoms with van der Waals surface area (Å²) in [7, 11) is -2.10. The van der Waals surface area contributed by atoms with Crippen LogP contribution in [-0.2, 0) is 14.8 Å². The molecule has 6 nitrogen and oxygen atoms in total. The summed E-state index contributed by atoms with van der Waals surface area (Å²) in [6, 6.07) is 5.84. The molecular formula is C25H36FN3O3S. The number of nitrogens with zero attached hydrogens (tertiary/aromatic N) is 3. The van der Waals surface area contributed by atoms with Gasteiger partial charge in [-0.2, -0.15) is 0 Å². The summed E-state index contributed by atoms with van der Waals surface area (Å²) in [5, 5.41) is 0. The topological polar surface area (TPSA) is 79.2 Å². The molecule has 0 aliphatic carbocycles. The van der Waals surface area contributed by atoms with Gasteiger partial charge in [0.15, 0.2) is 0 Å². The van der Waals surface area contributed by atoms with Crippen molar-refractivity contribution in [2.24, 2.45) is 33.7 Å². The largest absolute Gasteiger partial charge is 0.300 e. The molecule has 0 aromatic heterocycles. The van der Waals surface area contributed by atoms with Crippen LogP contribution >= 0.6 is 0 Å². The molecule has 33 heavy (non-hydrogen) atoms. The van der Waals surface area contributed by atoms with E-state index in [2.05, 4.69) is 31.0 Å². The summed E-state index contributed by atoms with van der Waals surface area (Å²) in [6.07, 6.45) is 6.76. The zero-order chi connectivity index (χ0) is 24.9. The van der Waals surface area contributed by atoms with Crippen molar-refractivity contribution >= 4 is 27.5 Å². The van der Waals surface area contributed by atoms with Crippen molar-refractivity contribution in [1.29, 1.82) is 0 Å². The van der Waals surface area contributed by atoms with Gasteiger partial charge in [-0.3, -0.25) is 0 Å². The van der Waals surface area contributed by atoms with Gasteiger partial charge in [-0.05, 0) is 48.8 Å². The Morgan fingerprint density at radius 2 is 1.79 bits per heavy atom. The molecular weight excluding hydrogens is 441 g/mol. The monoisotopic (exact) mass is 477 g/mol. The molecule has 0 fully saturated rings. The van der Waals surface area contributed by atoms with Crippen molar-refractivity contribution in [3.63, 3.8) is 0 Å². The number of halogens is 1. The van der Waals surface area contributed by atoms with Crippen molar-refractivity contribution in [2.45, 2.75) is 53.5 Å². The lowest BCUT2D eigenvalue weighted by molar-refractivity contribution is -0.117. The molecule has 2 rings (SSSR count). The molecule has 1 aromatic carbocycles. The number of guanidine groups is 1. The molecule has 0 saturated heterocycles. The third kappa shape index (κ3) is 7.59. The molecule has 0 bridgehead atoms. The van der Waals surface area contributed by atoms with E-state index in [0.29, 0.717) is 12.1 Å². The summed E-state index contributed by atoms with van der Waals surface area (Å²) in [5.41, 5.74) is 1.39. The highest BCUT2D eigenvalue weighted by atomic mass is 32.2. The maximum atomic E-state index is 13.6. The highest BCUT2D eigenvalue weighted by Crippen LogP contribution is 2.29. The van der Waals surface area contributed by atoms with Gasteiger partial charge >= 0.3 is 0 Å². The van der Waals surface area contributed by atoms with Crippen molar-refractivity contribution in [1.82, 2.24) is 4.31 Å². The Balaban J connectivity index is 2.47. The minimum absolute atomic E-state index is 0.112. The van der Waals surface area contributed by atoms with Gasteiger partial charge < -0.3 is 4.79 Å². The lowest BCUT2D eigenvalue weighted by Crippen LogP contribution is -2.41. The molecule has 0 radical (unpaired) electrons. The summed E-state index contributed by atoms with van der Waals surface area (Å²) in [5.74, 6) is 0.409. The van der Waals surface area contributed by atoms with E-state index in [1.807, 2.05) is 13.8 Å². The molecule has 1 heterocycles. The molecule has 182 valence electrons. The fourth-order valence-electron chi connectivity index (χ4n) is 4.13. The SMILES string of the molecule is CC(=O)C[C@H](C)C[C@H](C)/C=C/C1C(c2ccc(F)cc2)=NC(N(C)S(C)(=O)=O)=NC1C(C)C. The average Bonchev–Trinajstić information content (AvgIpc) is 2.70. The number of carbonyl (C=O) groups is 1. The second kappa shape index (κ2) is 11.2. The van der Waals surface area contributed by atoms with E-state index in [9.17, 15) is 17.6 Å². The number of Topliss-reactive ketones (excluding diaryl/α,β-unsaturated/α-hetero) is 1. The van der Waals surface area contributed by atoms with Crippen LogP contribution in [0, 0.1) is 29.5 Å². The number of carbonyl (C=O) groups excluding carboxylic acids is 1. The van der Waals surface area contributed by atoms with Crippen LogP contribution in [0.3, 0.4) is 0 Å². The fraction of sp³-hybridized carbons (Fsp3) is 0.560. The predicted octanol–water partition coefficient (Wildman–Crippen LogP) is 4.71. The van der Waals surface area contributed by atoms with Gasteiger partial charge in [-0.1, -0.05) is 52.0 Å². The number of sulfonamides is 1. The first-order valence-corrected chi connectivity index (χ1v) is 13.2. The summed E-state index contributed by atoms with van der Waals surface area (Å²) in [4.78, 5) is 20.8. The standard InChI is InChI=1S/C25H36FN3O3S/c1-16(2)23-22(13-8-17(3)14-18(4)15-19(5)30)24(20-9-11-21(26)12-10-20)28-25(27-23)29(6)33(7,31)32/h8-13,16-18,22-23H,14-15H2,1-7H3/b13-8+/t17-,18-,22?,23?/m1/s1. The molecule has 8 heteroatoms. The highest BCUT2D eigenvalue weighted by molar-refractivity contribution is 7.88. The average molecular weight is 478 g/mol. The molecule has 0 amide bonds. The molecule has 1 aliphatic heterocycles. The van der Waals surface area contributed by atoms with E-state index in [-0.39, 0.29) is 47.3 Å². The summed E-state index contributed by atoms with van der Waals surface area (Å²) >= 11 is 0. The van der Waals surface area contributed by atoms with Gasteiger partial charge in [0, 0.05) is 19.4 Å². The highest BCUT2D eigenvalue weighted by Gasteiger charge is 2.34. The summed E-state index contributed by atoms with van der Waals surface area (Å²) < 4.78 is 39.0. The Kier molecular flexibility index (Phi) is 9.12. The normalized spacial score (nSPS) is 21.0. The number of hydrogen-bond acceptors (Lipinski definition) is 5. The van der Waals surface area contributed by atoms with Crippen LogP contribution in [0.2, 0.25) is 0 Å². The quantitative estimate of drug-likeness (QED) is 0.483. The van der Waals surface area contributed by atoms with Crippen LogP contribution in [0.4, 0.5) is 4.39 Å². The van der Waals surface area contributed by atoms with Crippen LogP contribution in [0.5, 0.6) is 0 Å².